The lowest BCUT2D eigenvalue weighted by atomic mass is 9.99. The molecule has 2 rings (SSSR count). The first-order valence-corrected chi connectivity index (χ1v) is 6.69. The maximum absolute atomic E-state index is 11.9. The summed E-state index contributed by atoms with van der Waals surface area (Å²) in [5, 5.41) is 9.35. The zero-order valence-electron chi connectivity index (χ0n) is 11.6. The Balaban J connectivity index is 2.18. The van der Waals surface area contributed by atoms with Crippen LogP contribution in [0.4, 0.5) is 0 Å². The van der Waals surface area contributed by atoms with Crippen LogP contribution in [0.3, 0.4) is 0 Å². The van der Waals surface area contributed by atoms with Gasteiger partial charge in [-0.3, -0.25) is 9.59 Å². The van der Waals surface area contributed by atoms with Gasteiger partial charge in [0.15, 0.2) is 5.41 Å². The summed E-state index contributed by atoms with van der Waals surface area (Å²) in [6.45, 7) is 4.32. The average Bonchev–Trinajstić information content (AvgIpc) is 3.17. The highest BCUT2D eigenvalue weighted by atomic mass is 16.5. The van der Waals surface area contributed by atoms with Crippen molar-refractivity contribution < 1.29 is 24.2 Å². The molecular weight excluding hydrogens is 260 g/mol. The molecule has 20 heavy (non-hydrogen) atoms. The van der Waals surface area contributed by atoms with Crippen molar-refractivity contribution in [1.82, 2.24) is 0 Å². The lowest BCUT2D eigenvalue weighted by Gasteiger charge is -2.11. The molecule has 0 saturated heterocycles. The average molecular weight is 278 g/mol. The normalized spacial score (nSPS) is 24.0. The number of benzene rings is 1. The minimum atomic E-state index is -1.41. The maximum Gasteiger partial charge on any atom is 0.324 e. The van der Waals surface area contributed by atoms with Crippen molar-refractivity contribution in [2.45, 2.75) is 26.2 Å². The summed E-state index contributed by atoms with van der Waals surface area (Å²) in [6, 6.07) is 7.18. The molecule has 0 aromatic heterocycles. The molecule has 1 aliphatic carbocycles. The van der Waals surface area contributed by atoms with Gasteiger partial charge in [0.2, 0.25) is 0 Å². The second kappa shape index (κ2) is 5.53. The minimum Gasteiger partial charge on any atom is -0.494 e. The number of hydrogen-bond donors (Lipinski definition) is 1. The molecule has 2 atom stereocenters. The highest BCUT2D eigenvalue weighted by Crippen LogP contribution is 2.60. The van der Waals surface area contributed by atoms with E-state index in [9.17, 15) is 14.7 Å². The number of rotatable bonds is 6. The number of hydrogen-bond acceptors (Lipinski definition) is 4. The van der Waals surface area contributed by atoms with E-state index >= 15 is 0 Å². The fourth-order valence-electron chi connectivity index (χ4n) is 2.44. The van der Waals surface area contributed by atoms with Crippen LogP contribution in [0.2, 0.25) is 0 Å². The molecule has 1 fully saturated rings. The second-order valence-electron chi connectivity index (χ2n) is 4.76. The van der Waals surface area contributed by atoms with Crippen LogP contribution in [-0.2, 0) is 14.3 Å². The van der Waals surface area contributed by atoms with E-state index in [0.29, 0.717) is 6.61 Å². The van der Waals surface area contributed by atoms with E-state index in [1.165, 1.54) is 0 Å². The van der Waals surface area contributed by atoms with Crippen LogP contribution >= 0.6 is 0 Å². The summed E-state index contributed by atoms with van der Waals surface area (Å²) in [5.74, 6) is -1.36. The van der Waals surface area contributed by atoms with E-state index < -0.39 is 17.4 Å². The van der Waals surface area contributed by atoms with E-state index in [1.807, 2.05) is 6.92 Å². The molecular formula is C15H18O5. The van der Waals surface area contributed by atoms with Crippen LogP contribution in [0.5, 0.6) is 5.75 Å². The van der Waals surface area contributed by atoms with Gasteiger partial charge in [-0.05, 0) is 38.0 Å². The van der Waals surface area contributed by atoms with Crippen LogP contribution < -0.4 is 4.74 Å². The van der Waals surface area contributed by atoms with E-state index in [4.69, 9.17) is 9.47 Å². The molecule has 5 nitrogen and oxygen atoms in total. The van der Waals surface area contributed by atoms with Gasteiger partial charge in [0, 0.05) is 5.92 Å². The fourth-order valence-corrected chi connectivity index (χ4v) is 2.44. The standard InChI is InChI=1S/C15H18O5/c1-3-19-11-7-5-10(6-8-11)12-9-15(12,13(16)17)14(18)20-4-2/h5-8,12H,3-4,9H2,1-2H3,(H,16,17). The van der Waals surface area contributed by atoms with Crippen molar-refractivity contribution in [1.29, 1.82) is 0 Å². The van der Waals surface area contributed by atoms with Crippen LogP contribution in [-0.4, -0.2) is 30.3 Å². The van der Waals surface area contributed by atoms with Gasteiger partial charge in [-0.2, -0.15) is 0 Å². The number of carbonyl (C=O) groups excluding carboxylic acids is 1. The molecule has 0 aliphatic heterocycles. The lowest BCUT2D eigenvalue weighted by Crippen LogP contribution is -2.29. The number of carboxylic acid groups (broad SMARTS) is 1. The first kappa shape index (κ1) is 14.4. The van der Waals surface area contributed by atoms with Gasteiger partial charge < -0.3 is 14.6 Å². The Bertz CT molecular complexity index is 508. The van der Waals surface area contributed by atoms with Gasteiger partial charge in [0.25, 0.3) is 0 Å². The first-order chi connectivity index (χ1) is 9.56. The van der Waals surface area contributed by atoms with Gasteiger partial charge in [0.05, 0.1) is 13.2 Å². The Morgan fingerprint density at radius 3 is 2.40 bits per heavy atom. The zero-order chi connectivity index (χ0) is 14.8. The third kappa shape index (κ3) is 2.35. The quantitative estimate of drug-likeness (QED) is 0.638. The van der Waals surface area contributed by atoms with Gasteiger partial charge in [-0.15, -0.1) is 0 Å². The summed E-state index contributed by atoms with van der Waals surface area (Å²) in [4.78, 5) is 23.3. The zero-order valence-corrected chi connectivity index (χ0v) is 11.6. The maximum atomic E-state index is 11.9. The molecule has 1 N–H and O–H groups in total. The molecule has 1 saturated carbocycles. The largest absolute Gasteiger partial charge is 0.494 e. The predicted molar refractivity (Wildman–Crippen MR) is 71.7 cm³/mol. The molecule has 1 aromatic carbocycles. The van der Waals surface area contributed by atoms with Crippen molar-refractivity contribution in [2.24, 2.45) is 5.41 Å². The predicted octanol–water partition coefficient (Wildman–Crippen LogP) is 2.21. The van der Waals surface area contributed by atoms with Crippen molar-refractivity contribution in [3.63, 3.8) is 0 Å². The SMILES string of the molecule is CCOC(=O)C1(C(=O)O)CC1c1ccc(OCC)cc1. The van der Waals surface area contributed by atoms with Gasteiger partial charge in [0.1, 0.15) is 5.75 Å². The van der Waals surface area contributed by atoms with E-state index in [2.05, 4.69) is 0 Å². The molecule has 0 heterocycles. The number of esters is 1. The molecule has 5 heteroatoms. The van der Waals surface area contributed by atoms with Crippen LogP contribution in [0.25, 0.3) is 0 Å². The molecule has 0 radical (unpaired) electrons. The first-order valence-electron chi connectivity index (χ1n) is 6.69. The third-order valence-corrected chi connectivity index (χ3v) is 3.58. The summed E-state index contributed by atoms with van der Waals surface area (Å²) in [5.41, 5.74) is -0.590. The molecule has 108 valence electrons. The number of aliphatic carboxylic acids is 1. The van der Waals surface area contributed by atoms with E-state index in [0.717, 1.165) is 11.3 Å². The third-order valence-electron chi connectivity index (χ3n) is 3.58. The smallest absolute Gasteiger partial charge is 0.324 e. The van der Waals surface area contributed by atoms with Gasteiger partial charge >= 0.3 is 11.9 Å². The molecule has 0 spiro atoms. The second-order valence-corrected chi connectivity index (χ2v) is 4.76. The summed E-state index contributed by atoms with van der Waals surface area (Å²) in [7, 11) is 0. The van der Waals surface area contributed by atoms with Crippen LogP contribution in [0.15, 0.2) is 24.3 Å². The summed E-state index contributed by atoms with van der Waals surface area (Å²) >= 11 is 0. The summed E-state index contributed by atoms with van der Waals surface area (Å²) in [6.07, 6.45) is 0.287. The Morgan fingerprint density at radius 1 is 1.25 bits per heavy atom. The van der Waals surface area contributed by atoms with Crippen LogP contribution in [0, 0.1) is 5.41 Å². The Hall–Kier alpha value is -2.04. The van der Waals surface area contributed by atoms with E-state index in [1.54, 1.807) is 31.2 Å². The fraction of sp³-hybridized carbons (Fsp3) is 0.467. The van der Waals surface area contributed by atoms with Gasteiger partial charge in [-0.1, -0.05) is 12.1 Å². The number of carboxylic acids is 1. The lowest BCUT2D eigenvalue weighted by molar-refractivity contribution is -0.161. The topological polar surface area (TPSA) is 72.8 Å². The Morgan fingerprint density at radius 2 is 1.90 bits per heavy atom. The monoisotopic (exact) mass is 278 g/mol. The van der Waals surface area contributed by atoms with Crippen LogP contribution in [0.1, 0.15) is 31.7 Å². The van der Waals surface area contributed by atoms with Gasteiger partial charge in [-0.25, -0.2) is 0 Å². The minimum absolute atomic E-state index is 0.184. The highest BCUT2D eigenvalue weighted by Gasteiger charge is 2.68. The molecule has 1 aromatic rings. The molecule has 1 aliphatic rings. The number of ether oxygens (including phenoxy) is 2. The van der Waals surface area contributed by atoms with Crippen molar-refractivity contribution in [2.75, 3.05) is 13.2 Å². The summed E-state index contributed by atoms with van der Waals surface area (Å²) < 4.78 is 10.2. The molecule has 2 unspecified atom stereocenters. The molecule has 0 bridgehead atoms. The van der Waals surface area contributed by atoms with Crippen molar-refractivity contribution >= 4 is 11.9 Å². The Kier molecular flexibility index (Phi) is 3.97. The van der Waals surface area contributed by atoms with Crippen molar-refractivity contribution in [3.05, 3.63) is 29.8 Å². The highest BCUT2D eigenvalue weighted by molar-refractivity contribution is 6.04. The van der Waals surface area contributed by atoms with Crippen molar-refractivity contribution in [3.8, 4) is 5.75 Å². The van der Waals surface area contributed by atoms with E-state index in [-0.39, 0.29) is 18.9 Å². The number of carbonyl (C=O) groups is 2. The Labute approximate surface area is 117 Å². The molecule has 0 amide bonds.